The second-order valence-corrected chi connectivity index (χ2v) is 5.03. The van der Waals surface area contributed by atoms with Gasteiger partial charge in [-0.1, -0.05) is 12.1 Å². The second-order valence-electron chi connectivity index (χ2n) is 5.03. The van der Waals surface area contributed by atoms with Crippen molar-refractivity contribution in [2.75, 3.05) is 0 Å². The first-order valence-electron chi connectivity index (χ1n) is 6.82. The molecule has 6 nitrogen and oxygen atoms in total. The molecule has 3 rings (SSSR count). The minimum atomic E-state index is 0.421. The van der Waals surface area contributed by atoms with E-state index in [0.29, 0.717) is 6.04 Å². The molecule has 102 valence electrons. The van der Waals surface area contributed by atoms with E-state index in [1.807, 2.05) is 17.7 Å². The average Bonchev–Trinajstić information content (AvgIpc) is 3.01. The molecule has 1 atom stereocenters. The highest BCUT2D eigenvalue weighted by Gasteiger charge is 2.21. The van der Waals surface area contributed by atoms with Crippen LogP contribution < -0.4 is 5.32 Å². The summed E-state index contributed by atoms with van der Waals surface area (Å²) in [5.41, 5.74) is 0.923. The smallest absolute Gasteiger partial charge is 0.150 e. The fourth-order valence-electron chi connectivity index (χ4n) is 2.42. The van der Waals surface area contributed by atoms with E-state index in [-0.39, 0.29) is 0 Å². The molecule has 1 aliphatic rings. The topological polar surface area (TPSA) is 68.8 Å². The van der Waals surface area contributed by atoms with Gasteiger partial charge in [-0.15, -0.1) is 0 Å². The molecule has 0 spiro atoms. The Kier molecular flexibility index (Phi) is 3.33. The third kappa shape index (κ3) is 2.68. The summed E-state index contributed by atoms with van der Waals surface area (Å²) in [4.78, 5) is 4.52. The highest BCUT2D eigenvalue weighted by molar-refractivity contribution is 5.03. The molecule has 2 aromatic rings. The number of hydrogen-bond acceptors (Lipinski definition) is 5. The fourth-order valence-corrected chi connectivity index (χ4v) is 2.42. The molecule has 6 heteroatoms. The zero-order valence-electron chi connectivity index (χ0n) is 11.4. The van der Waals surface area contributed by atoms with E-state index >= 15 is 0 Å². The molecular weight excluding hydrogens is 242 g/mol. The van der Waals surface area contributed by atoms with Crippen molar-refractivity contribution in [3.05, 3.63) is 29.2 Å². The van der Waals surface area contributed by atoms with Crippen molar-refractivity contribution >= 4 is 0 Å². The summed E-state index contributed by atoms with van der Waals surface area (Å²) in [6.45, 7) is 5.62. The standard InChI is InChI=1S/C13H19N5O/c1-3-12-15-13-5-4-10(8-18(13)16-12)14-7-11-6-9(2)17-19-11/h6,10,14H,3-5,7-8H2,1-2H3. The highest BCUT2D eigenvalue weighted by Crippen LogP contribution is 2.14. The monoisotopic (exact) mass is 261 g/mol. The summed E-state index contributed by atoms with van der Waals surface area (Å²) >= 11 is 0. The van der Waals surface area contributed by atoms with Crippen LogP contribution in [0, 0.1) is 6.92 Å². The van der Waals surface area contributed by atoms with E-state index in [1.54, 1.807) is 0 Å². The lowest BCUT2D eigenvalue weighted by molar-refractivity contribution is 0.323. The molecule has 0 bridgehead atoms. The molecule has 1 N–H and O–H groups in total. The Morgan fingerprint density at radius 3 is 3.16 bits per heavy atom. The Balaban J connectivity index is 1.59. The van der Waals surface area contributed by atoms with Gasteiger partial charge in [-0.2, -0.15) is 5.10 Å². The van der Waals surface area contributed by atoms with Gasteiger partial charge in [0.25, 0.3) is 0 Å². The van der Waals surface area contributed by atoms with E-state index in [4.69, 9.17) is 4.52 Å². The minimum absolute atomic E-state index is 0.421. The summed E-state index contributed by atoms with van der Waals surface area (Å²) in [7, 11) is 0. The summed E-state index contributed by atoms with van der Waals surface area (Å²) in [5, 5.41) is 11.9. The first-order chi connectivity index (χ1) is 9.24. The largest absolute Gasteiger partial charge is 0.360 e. The molecule has 1 aliphatic heterocycles. The van der Waals surface area contributed by atoms with Crippen LogP contribution >= 0.6 is 0 Å². The SMILES string of the molecule is CCc1nc2n(n1)CC(NCc1cc(C)no1)CC2. The van der Waals surface area contributed by atoms with Gasteiger partial charge >= 0.3 is 0 Å². The number of nitrogens with zero attached hydrogens (tertiary/aromatic N) is 4. The average molecular weight is 261 g/mol. The zero-order chi connectivity index (χ0) is 13.2. The van der Waals surface area contributed by atoms with Crippen LogP contribution in [0.5, 0.6) is 0 Å². The lowest BCUT2D eigenvalue weighted by Gasteiger charge is -2.23. The number of rotatable bonds is 4. The van der Waals surface area contributed by atoms with Gasteiger partial charge in [0.05, 0.1) is 18.8 Å². The molecule has 19 heavy (non-hydrogen) atoms. The first kappa shape index (κ1) is 12.3. The third-order valence-electron chi connectivity index (χ3n) is 3.46. The summed E-state index contributed by atoms with van der Waals surface area (Å²) in [5.74, 6) is 2.95. The molecule has 0 aromatic carbocycles. The normalized spacial score (nSPS) is 18.5. The molecule has 0 amide bonds. The van der Waals surface area contributed by atoms with E-state index in [0.717, 1.165) is 55.5 Å². The van der Waals surface area contributed by atoms with Gasteiger partial charge in [0.2, 0.25) is 0 Å². The molecule has 1 unspecified atom stereocenters. The van der Waals surface area contributed by atoms with Gasteiger partial charge in [0, 0.05) is 24.9 Å². The number of fused-ring (bicyclic) bond motifs is 1. The fraction of sp³-hybridized carbons (Fsp3) is 0.615. The Hall–Kier alpha value is -1.69. The Morgan fingerprint density at radius 1 is 1.53 bits per heavy atom. The summed E-state index contributed by atoms with van der Waals surface area (Å²) in [6, 6.07) is 2.38. The maximum absolute atomic E-state index is 5.20. The van der Waals surface area contributed by atoms with Gasteiger partial charge in [0.1, 0.15) is 5.82 Å². The molecule has 2 aromatic heterocycles. The molecule has 0 saturated heterocycles. The zero-order valence-corrected chi connectivity index (χ0v) is 11.4. The van der Waals surface area contributed by atoms with Gasteiger partial charge in [-0.05, 0) is 13.3 Å². The molecule has 0 fully saturated rings. The van der Waals surface area contributed by atoms with Crippen molar-refractivity contribution < 1.29 is 4.52 Å². The van der Waals surface area contributed by atoms with Crippen molar-refractivity contribution in [2.45, 2.75) is 52.2 Å². The van der Waals surface area contributed by atoms with E-state index in [1.165, 1.54) is 0 Å². The van der Waals surface area contributed by atoms with Crippen LogP contribution in [0.25, 0.3) is 0 Å². The van der Waals surface area contributed by atoms with Gasteiger partial charge in [-0.3, -0.25) is 0 Å². The van der Waals surface area contributed by atoms with Crippen LogP contribution in [0.1, 0.15) is 36.4 Å². The Labute approximate surface area is 112 Å². The van der Waals surface area contributed by atoms with Gasteiger partial charge in [0.15, 0.2) is 11.6 Å². The molecular formula is C13H19N5O. The molecule has 0 saturated carbocycles. The van der Waals surface area contributed by atoms with Crippen molar-refractivity contribution in [1.82, 2.24) is 25.2 Å². The lowest BCUT2D eigenvalue weighted by atomic mass is 10.1. The summed E-state index contributed by atoms with van der Waals surface area (Å²) < 4.78 is 7.23. The number of aromatic nitrogens is 4. The first-order valence-corrected chi connectivity index (χ1v) is 6.82. The quantitative estimate of drug-likeness (QED) is 0.896. The van der Waals surface area contributed by atoms with E-state index in [2.05, 4.69) is 27.5 Å². The minimum Gasteiger partial charge on any atom is -0.360 e. The van der Waals surface area contributed by atoms with Gasteiger partial charge in [-0.25, -0.2) is 9.67 Å². The van der Waals surface area contributed by atoms with Crippen molar-refractivity contribution in [3.8, 4) is 0 Å². The third-order valence-corrected chi connectivity index (χ3v) is 3.46. The Bertz CT molecular complexity index is 559. The molecule has 0 radical (unpaired) electrons. The van der Waals surface area contributed by atoms with E-state index < -0.39 is 0 Å². The lowest BCUT2D eigenvalue weighted by Crippen LogP contribution is -2.37. The van der Waals surface area contributed by atoms with Crippen LogP contribution in [0.3, 0.4) is 0 Å². The number of hydrogen-bond donors (Lipinski definition) is 1. The van der Waals surface area contributed by atoms with Crippen LogP contribution in [-0.2, 0) is 25.9 Å². The van der Waals surface area contributed by atoms with Crippen LogP contribution in [0.15, 0.2) is 10.6 Å². The van der Waals surface area contributed by atoms with Gasteiger partial charge < -0.3 is 9.84 Å². The highest BCUT2D eigenvalue weighted by atomic mass is 16.5. The van der Waals surface area contributed by atoms with Crippen molar-refractivity contribution in [1.29, 1.82) is 0 Å². The van der Waals surface area contributed by atoms with Crippen molar-refractivity contribution in [3.63, 3.8) is 0 Å². The maximum Gasteiger partial charge on any atom is 0.150 e. The van der Waals surface area contributed by atoms with Crippen LogP contribution in [-0.4, -0.2) is 26.0 Å². The van der Waals surface area contributed by atoms with E-state index in [9.17, 15) is 0 Å². The predicted molar refractivity (Wildman–Crippen MR) is 69.6 cm³/mol. The summed E-state index contributed by atoms with van der Waals surface area (Å²) in [6.07, 6.45) is 2.98. The second kappa shape index (κ2) is 5.13. The maximum atomic E-state index is 5.20. The number of aryl methyl sites for hydroxylation is 3. The molecule has 0 aliphatic carbocycles. The van der Waals surface area contributed by atoms with Crippen molar-refractivity contribution in [2.24, 2.45) is 0 Å². The Morgan fingerprint density at radius 2 is 2.42 bits per heavy atom. The number of nitrogens with one attached hydrogen (secondary N) is 1. The van der Waals surface area contributed by atoms with Crippen LogP contribution in [0.4, 0.5) is 0 Å². The predicted octanol–water partition coefficient (Wildman–Crippen LogP) is 1.24. The van der Waals surface area contributed by atoms with Crippen LogP contribution in [0.2, 0.25) is 0 Å². The molecule has 3 heterocycles.